The molecule has 6 heteroatoms. The van der Waals surface area contributed by atoms with Gasteiger partial charge in [-0.25, -0.2) is 4.98 Å². The highest BCUT2D eigenvalue weighted by Gasteiger charge is 2.21. The van der Waals surface area contributed by atoms with Crippen molar-refractivity contribution in [1.29, 1.82) is 0 Å². The third-order valence-electron chi connectivity index (χ3n) is 4.50. The zero-order valence-electron chi connectivity index (χ0n) is 15.8. The predicted molar refractivity (Wildman–Crippen MR) is 105 cm³/mol. The standard InChI is InChI=1S/C20H27N5O/c1-15(2)14-21-20-22-18(17-7-5-4-6-8-17)13-19(23-20)25-11-9-24(10-12-25)16(3)26/h4-8,13,15H,9-12,14H2,1-3H3,(H,21,22,23). The maximum Gasteiger partial charge on any atom is 0.225 e. The number of hydrogen-bond donors (Lipinski definition) is 1. The van der Waals surface area contributed by atoms with Crippen LogP contribution in [0.25, 0.3) is 11.3 Å². The van der Waals surface area contributed by atoms with E-state index in [-0.39, 0.29) is 5.91 Å². The minimum Gasteiger partial charge on any atom is -0.354 e. The molecule has 6 nitrogen and oxygen atoms in total. The first-order valence-electron chi connectivity index (χ1n) is 9.22. The van der Waals surface area contributed by atoms with Crippen LogP contribution in [-0.2, 0) is 4.79 Å². The van der Waals surface area contributed by atoms with Gasteiger partial charge >= 0.3 is 0 Å². The number of piperazine rings is 1. The maximum atomic E-state index is 11.6. The van der Waals surface area contributed by atoms with Crippen LogP contribution in [0.3, 0.4) is 0 Å². The lowest BCUT2D eigenvalue weighted by Crippen LogP contribution is -2.48. The van der Waals surface area contributed by atoms with Gasteiger partial charge in [-0.05, 0) is 5.92 Å². The van der Waals surface area contributed by atoms with E-state index in [1.807, 2.05) is 29.2 Å². The number of amides is 1. The van der Waals surface area contributed by atoms with Crippen molar-refractivity contribution in [2.24, 2.45) is 5.92 Å². The number of aromatic nitrogens is 2. The summed E-state index contributed by atoms with van der Waals surface area (Å²) < 4.78 is 0. The van der Waals surface area contributed by atoms with Gasteiger partial charge in [-0.2, -0.15) is 4.98 Å². The summed E-state index contributed by atoms with van der Waals surface area (Å²) in [5, 5.41) is 3.35. The van der Waals surface area contributed by atoms with Crippen LogP contribution in [-0.4, -0.2) is 53.5 Å². The van der Waals surface area contributed by atoms with Crippen LogP contribution in [0.4, 0.5) is 11.8 Å². The van der Waals surface area contributed by atoms with Crippen LogP contribution in [0.2, 0.25) is 0 Å². The molecular formula is C20H27N5O. The molecule has 0 bridgehead atoms. The number of hydrogen-bond acceptors (Lipinski definition) is 5. The number of nitrogens with zero attached hydrogens (tertiary/aromatic N) is 4. The minimum absolute atomic E-state index is 0.136. The zero-order valence-corrected chi connectivity index (χ0v) is 15.8. The van der Waals surface area contributed by atoms with Gasteiger partial charge in [-0.1, -0.05) is 44.2 Å². The van der Waals surface area contributed by atoms with Crippen molar-refractivity contribution in [1.82, 2.24) is 14.9 Å². The van der Waals surface area contributed by atoms with Crippen molar-refractivity contribution in [3.63, 3.8) is 0 Å². The fourth-order valence-electron chi connectivity index (χ4n) is 2.98. The Labute approximate surface area is 155 Å². The van der Waals surface area contributed by atoms with Crippen molar-refractivity contribution in [3.05, 3.63) is 36.4 Å². The number of carbonyl (C=O) groups is 1. The summed E-state index contributed by atoms with van der Waals surface area (Å²) in [4.78, 5) is 25.1. The zero-order chi connectivity index (χ0) is 18.5. The molecule has 0 saturated carbocycles. The summed E-state index contributed by atoms with van der Waals surface area (Å²) in [6.45, 7) is 9.82. The molecule has 2 heterocycles. The largest absolute Gasteiger partial charge is 0.354 e. The summed E-state index contributed by atoms with van der Waals surface area (Å²) in [7, 11) is 0. The van der Waals surface area contributed by atoms with Gasteiger partial charge in [0.25, 0.3) is 0 Å². The number of anilines is 2. The van der Waals surface area contributed by atoms with E-state index in [1.165, 1.54) is 0 Å². The Morgan fingerprint density at radius 2 is 1.81 bits per heavy atom. The third-order valence-corrected chi connectivity index (χ3v) is 4.50. The first-order valence-corrected chi connectivity index (χ1v) is 9.22. The highest BCUT2D eigenvalue weighted by Crippen LogP contribution is 2.24. The van der Waals surface area contributed by atoms with Crippen LogP contribution in [0.5, 0.6) is 0 Å². The third kappa shape index (κ3) is 4.50. The van der Waals surface area contributed by atoms with E-state index in [0.29, 0.717) is 11.9 Å². The fraction of sp³-hybridized carbons (Fsp3) is 0.450. The van der Waals surface area contributed by atoms with Gasteiger partial charge < -0.3 is 15.1 Å². The monoisotopic (exact) mass is 353 g/mol. The Balaban J connectivity index is 1.86. The molecule has 1 aromatic heterocycles. The van der Waals surface area contributed by atoms with Gasteiger partial charge in [-0.15, -0.1) is 0 Å². The lowest BCUT2D eigenvalue weighted by molar-refractivity contribution is -0.129. The van der Waals surface area contributed by atoms with Crippen LogP contribution in [0.1, 0.15) is 20.8 Å². The Morgan fingerprint density at radius 3 is 2.42 bits per heavy atom. The van der Waals surface area contributed by atoms with Gasteiger partial charge in [-0.3, -0.25) is 4.79 Å². The van der Waals surface area contributed by atoms with Crippen LogP contribution in [0, 0.1) is 5.92 Å². The fourth-order valence-corrected chi connectivity index (χ4v) is 2.98. The van der Waals surface area contributed by atoms with Crippen molar-refractivity contribution in [2.75, 3.05) is 42.9 Å². The Bertz CT molecular complexity index is 739. The molecule has 1 aliphatic heterocycles. The van der Waals surface area contributed by atoms with Gasteiger partial charge in [0.1, 0.15) is 5.82 Å². The smallest absolute Gasteiger partial charge is 0.225 e. The van der Waals surface area contributed by atoms with Crippen molar-refractivity contribution < 1.29 is 4.79 Å². The van der Waals surface area contributed by atoms with Crippen LogP contribution in [0.15, 0.2) is 36.4 Å². The highest BCUT2D eigenvalue weighted by molar-refractivity contribution is 5.73. The first-order chi connectivity index (χ1) is 12.5. The van der Waals surface area contributed by atoms with E-state index in [9.17, 15) is 4.79 Å². The second kappa shape index (κ2) is 8.17. The van der Waals surface area contributed by atoms with E-state index in [2.05, 4.69) is 36.2 Å². The van der Waals surface area contributed by atoms with Crippen LogP contribution >= 0.6 is 0 Å². The number of nitrogens with one attached hydrogen (secondary N) is 1. The molecule has 1 saturated heterocycles. The molecule has 1 aromatic carbocycles. The molecule has 0 unspecified atom stereocenters. The van der Waals surface area contributed by atoms with Crippen LogP contribution < -0.4 is 10.2 Å². The Hall–Kier alpha value is -2.63. The molecule has 0 aliphatic carbocycles. The van der Waals surface area contributed by atoms with E-state index in [1.54, 1.807) is 6.92 Å². The summed E-state index contributed by atoms with van der Waals surface area (Å²) in [6, 6.07) is 12.2. The topological polar surface area (TPSA) is 61.4 Å². The molecule has 2 aromatic rings. The second-order valence-electron chi connectivity index (χ2n) is 7.07. The highest BCUT2D eigenvalue weighted by atomic mass is 16.2. The molecule has 1 amide bonds. The quantitative estimate of drug-likeness (QED) is 0.896. The number of carbonyl (C=O) groups excluding carboxylic acids is 1. The van der Waals surface area contributed by atoms with Crippen molar-refractivity contribution in [2.45, 2.75) is 20.8 Å². The molecule has 0 spiro atoms. The lowest BCUT2D eigenvalue weighted by atomic mass is 10.1. The number of benzene rings is 1. The average molecular weight is 353 g/mol. The average Bonchev–Trinajstić information content (AvgIpc) is 2.67. The van der Waals surface area contributed by atoms with Gasteiger partial charge in [0.2, 0.25) is 11.9 Å². The van der Waals surface area contributed by atoms with Gasteiger partial charge in [0, 0.05) is 51.3 Å². The molecular weight excluding hydrogens is 326 g/mol. The lowest BCUT2D eigenvalue weighted by Gasteiger charge is -2.35. The molecule has 1 aliphatic rings. The molecule has 138 valence electrons. The molecule has 0 radical (unpaired) electrons. The van der Waals surface area contributed by atoms with Gasteiger partial charge in [0.15, 0.2) is 0 Å². The summed E-state index contributed by atoms with van der Waals surface area (Å²) in [6.07, 6.45) is 0. The van der Waals surface area contributed by atoms with Crippen molar-refractivity contribution >= 4 is 17.7 Å². The second-order valence-corrected chi connectivity index (χ2v) is 7.07. The molecule has 0 atom stereocenters. The van der Waals surface area contributed by atoms with E-state index in [0.717, 1.165) is 49.8 Å². The minimum atomic E-state index is 0.136. The van der Waals surface area contributed by atoms with Gasteiger partial charge in [0.05, 0.1) is 5.69 Å². The summed E-state index contributed by atoms with van der Waals surface area (Å²) in [5.41, 5.74) is 1.99. The molecule has 26 heavy (non-hydrogen) atoms. The predicted octanol–water partition coefficient (Wildman–Crippen LogP) is 2.88. The van der Waals surface area contributed by atoms with E-state index < -0.39 is 0 Å². The maximum absolute atomic E-state index is 11.6. The Kier molecular flexibility index (Phi) is 5.71. The van der Waals surface area contributed by atoms with Crippen molar-refractivity contribution in [3.8, 4) is 11.3 Å². The van der Waals surface area contributed by atoms with E-state index >= 15 is 0 Å². The summed E-state index contributed by atoms with van der Waals surface area (Å²) >= 11 is 0. The number of rotatable bonds is 5. The molecule has 1 N–H and O–H groups in total. The molecule has 3 rings (SSSR count). The van der Waals surface area contributed by atoms with E-state index in [4.69, 9.17) is 9.97 Å². The SMILES string of the molecule is CC(=O)N1CCN(c2cc(-c3ccccc3)nc(NCC(C)C)n2)CC1. The summed E-state index contributed by atoms with van der Waals surface area (Å²) in [5.74, 6) is 2.22. The normalized spacial score (nSPS) is 14.6. The Morgan fingerprint density at radius 1 is 1.12 bits per heavy atom. The molecule has 1 fully saturated rings. The first kappa shape index (κ1) is 18.2.